The largest absolute Gasteiger partial charge is 0.416 e. The van der Waals surface area contributed by atoms with Gasteiger partial charge in [0.05, 0.1) is 23.0 Å². The molecule has 11 heteroatoms. The quantitative estimate of drug-likeness (QED) is 0.356. The van der Waals surface area contributed by atoms with E-state index in [-0.39, 0.29) is 29.1 Å². The van der Waals surface area contributed by atoms with Gasteiger partial charge in [-0.15, -0.1) is 16.5 Å². The Bertz CT molecular complexity index is 540. The van der Waals surface area contributed by atoms with Gasteiger partial charge in [0.2, 0.25) is 0 Å². The molecule has 0 bridgehead atoms. The zero-order valence-corrected chi connectivity index (χ0v) is 11.3. The Morgan fingerprint density at radius 3 is 1.82 bits per heavy atom. The second-order valence-corrected chi connectivity index (χ2v) is 4.37. The number of carbonyl (C=O) groups is 1. The van der Waals surface area contributed by atoms with Gasteiger partial charge in [0.25, 0.3) is 5.91 Å². The molecule has 0 N–H and O–H groups in total. The van der Waals surface area contributed by atoms with Crippen molar-refractivity contribution in [3.8, 4) is 0 Å². The molecule has 0 aliphatic carbocycles. The third kappa shape index (κ3) is 4.33. The standard InChI is InChI=1S/C11H7ClF6N2O2/c12-1-2-20(19-22)9(21)6-3-7(10(13,14)15)5-8(4-6)11(16,17)18/h3-5H,1-2H2. The lowest BCUT2D eigenvalue weighted by Gasteiger charge is -2.16. The summed E-state index contributed by atoms with van der Waals surface area (Å²) in [5.41, 5.74) is -4.29. The number of benzene rings is 1. The first-order chi connectivity index (χ1) is 10.0. The highest BCUT2D eigenvalue weighted by Crippen LogP contribution is 2.36. The highest BCUT2D eigenvalue weighted by atomic mass is 35.5. The van der Waals surface area contributed by atoms with Crippen LogP contribution in [0.1, 0.15) is 21.5 Å². The Balaban J connectivity index is 3.41. The first kappa shape index (κ1) is 18.2. The lowest BCUT2D eigenvalue weighted by atomic mass is 10.0. The van der Waals surface area contributed by atoms with Crippen molar-refractivity contribution in [2.75, 3.05) is 12.4 Å². The molecule has 1 rings (SSSR count). The van der Waals surface area contributed by atoms with Crippen LogP contribution in [0.25, 0.3) is 0 Å². The number of hydrogen-bond acceptors (Lipinski definition) is 3. The fourth-order valence-corrected chi connectivity index (χ4v) is 1.65. The maximum absolute atomic E-state index is 12.6. The molecule has 0 atom stereocenters. The molecular formula is C11H7ClF6N2O2. The molecular weight excluding hydrogens is 342 g/mol. The minimum absolute atomic E-state index is 0.128. The number of nitrogens with zero attached hydrogens (tertiary/aromatic N) is 2. The smallest absolute Gasteiger partial charge is 0.267 e. The van der Waals surface area contributed by atoms with Gasteiger partial charge in [-0.25, -0.2) is 0 Å². The first-order valence-corrected chi connectivity index (χ1v) is 6.04. The van der Waals surface area contributed by atoms with Crippen LogP contribution in [0.4, 0.5) is 26.3 Å². The van der Waals surface area contributed by atoms with Crippen LogP contribution in [-0.2, 0) is 12.4 Å². The molecule has 0 aliphatic rings. The molecule has 0 heterocycles. The Hall–Kier alpha value is -1.84. The Labute approximate surface area is 124 Å². The van der Waals surface area contributed by atoms with Crippen LogP contribution in [-0.4, -0.2) is 23.3 Å². The molecule has 0 unspecified atom stereocenters. The summed E-state index contributed by atoms with van der Waals surface area (Å²) in [5.74, 6) is -1.69. The maximum atomic E-state index is 12.6. The van der Waals surface area contributed by atoms with Gasteiger partial charge in [-0.3, -0.25) is 4.79 Å². The van der Waals surface area contributed by atoms with Crippen molar-refractivity contribution >= 4 is 17.5 Å². The lowest BCUT2D eigenvalue weighted by Crippen LogP contribution is -2.28. The summed E-state index contributed by atoms with van der Waals surface area (Å²) in [6.07, 6.45) is -10.2. The Kier molecular flexibility index (Phi) is 5.39. The van der Waals surface area contributed by atoms with E-state index in [2.05, 4.69) is 5.29 Å². The molecule has 0 fully saturated rings. The number of halogens is 7. The predicted molar refractivity (Wildman–Crippen MR) is 64.0 cm³/mol. The number of amides is 1. The van der Waals surface area contributed by atoms with Gasteiger partial charge in [-0.2, -0.15) is 31.4 Å². The molecule has 0 saturated carbocycles. The fourth-order valence-electron chi connectivity index (χ4n) is 1.49. The van der Waals surface area contributed by atoms with Crippen LogP contribution < -0.4 is 0 Å². The van der Waals surface area contributed by atoms with E-state index < -0.39 is 41.5 Å². The van der Waals surface area contributed by atoms with Gasteiger partial charge in [-0.1, -0.05) is 0 Å². The molecule has 0 saturated heterocycles. The maximum Gasteiger partial charge on any atom is 0.416 e. The van der Waals surface area contributed by atoms with Crippen molar-refractivity contribution < 1.29 is 31.1 Å². The molecule has 4 nitrogen and oxygen atoms in total. The SMILES string of the molecule is O=NN(CCCl)C(=O)c1cc(C(F)(F)F)cc(C(F)(F)F)c1. The Morgan fingerprint density at radius 1 is 1.05 bits per heavy atom. The van der Waals surface area contributed by atoms with E-state index in [4.69, 9.17) is 11.6 Å². The number of alkyl halides is 7. The summed E-state index contributed by atoms with van der Waals surface area (Å²) in [6.45, 7) is -0.457. The fraction of sp³-hybridized carbons (Fsp3) is 0.364. The van der Waals surface area contributed by atoms with E-state index in [1.807, 2.05) is 0 Å². The van der Waals surface area contributed by atoms with Crippen molar-refractivity contribution in [3.05, 3.63) is 39.8 Å². The van der Waals surface area contributed by atoms with E-state index in [0.29, 0.717) is 0 Å². The van der Waals surface area contributed by atoms with Crippen LogP contribution in [0.15, 0.2) is 23.5 Å². The van der Waals surface area contributed by atoms with Crippen LogP contribution in [0.2, 0.25) is 0 Å². The van der Waals surface area contributed by atoms with E-state index in [1.165, 1.54) is 0 Å². The number of nitroso groups, excluding NO2 is 1. The molecule has 0 aliphatic heterocycles. The zero-order valence-electron chi connectivity index (χ0n) is 10.5. The predicted octanol–water partition coefficient (Wildman–Crippen LogP) is 4.09. The molecule has 0 spiro atoms. The third-order valence-corrected chi connectivity index (χ3v) is 2.63. The Morgan fingerprint density at radius 2 is 1.50 bits per heavy atom. The summed E-state index contributed by atoms with van der Waals surface area (Å²) < 4.78 is 75.8. The molecule has 22 heavy (non-hydrogen) atoms. The van der Waals surface area contributed by atoms with Crippen LogP contribution >= 0.6 is 11.6 Å². The van der Waals surface area contributed by atoms with Crippen molar-refractivity contribution in [1.29, 1.82) is 0 Å². The average Bonchev–Trinajstić information content (AvgIpc) is 2.41. The molecule has 0 radical (unpaired) electrons. The minimum Gasteiger partial charge on any atom is -0.267 e. The van der Waals surface area contributed by atoms with E-state index in [9.17, 15) is 36.0 Å². The van der Waals surface area contributed by atoms with Gasteiger partial charge in [0.15, 0.2) is 0 Å². The van der Waals surface area contributed by atoms with Gasteiger partial charge < -0.3 is 0 Å². The summed E-state index contributed by atoms with van der Waals surface area (Å²) >= 11 is 5.26. The molecule has 1 amide bonds. The van der Waals surface area contributed by atoms with Gasteiger partial charge in [0.1, 0.15) is 0 Å². The van der Waals surface area contributed by atoms with Crippen LogP contribution in [0.5, 0.6) is 0 Å². The first-order valence-electron chi connectivity index (χ1n) is 5.51. The molecule has 0 aromatic heterocycles. The summed E-state index contributed by atoms with van der Waals surface area (Å²) in [4.78, 5) is 22.2. The second kappa shape index (κ2) is 6.51. The monoisotopic (exact) mass is 348 g/mol. The number of rotatable bonds is 4. The van der Waals surface area contributed by atoms with Crippen LogP contribution in [0.3, 0.4) is 0 Å². The molecule has 122 valence electrons. The van der Waals surface area contributed by atoms with Gasteiger partial charge in [0, 0.05) is 11.4 Å². The minimum atomic E-state index is -5.10. The summed E-state index contributed by atoms with van der Waals surface area (Å²) in [5, 5.41) is 2.37. The van der Waals surface area contributed by atoms with Crippen molar-refractivity contribution in [1.82, 2.24) is 5.01 Å². The molecule has 1 aromatic carbocycles. The molecule has 1 aromatic rings. The highest BCUT2D eigenvalue weighted by Gasteiger charge is 2.38. The van der Waals surface area contributed by atoms with Crippen molar-refractivity contribution in [2.24, 2.45) is 5.29 Å². The highest BCUT2D eigenvalue weighted by molar-refractivity contribution is 6.18. The van der Waals surface area contributed by atoms with E-state index >= 15 is 0 Å². The zero-order chi connectivity index (χ0) is 17.1. The second-order valence-electron chi connectivity index (χ2n) is 3.99. The van der Waals surface area contributed by atoms with Gasteiger partial charge >= 0.3 is 12.4 Å². The summed E-state index contributed by atoms with van der Waals surface area (Å²) in [7, 11) is 0. The topological polar surface area (TPSA) is 49.7 Å². The van der Waals surface area contributed by atoms with Crippen molar-refractivity contribution in [3.63, 3.8) is 0 Å². The number of hydrogen-bond donors (Lipinski definition) is 0. The average molecular weight is 349 g/mol. The van der Waals surface area contributed by atoms with Crippen LogP contribution in [0, 0.1) is 4.91 Å². The number of carbonyl (C=O) groups excluding carboxylic acids is 1. The summed E-state index contributed by atoms with van der Waals surface area (Å²) in [6, 6.07) is 0.297. The normalized spacial score (nSPS) is 12.1. The lowest BCUT2D eigenvalue weighted by molar-refractivity contribution is -0.143. The van der Waals surface area contributed by atoms with E-state index in [0.717, 1.165) is 0 Å². The van der Waals surface area contributed by atoms with Crippen molar-refractivity contribution in [2.45, 2.75) is 12.4 Å². The third-order valence-electron chi connectivity index (χ3n) is 2.46. The van der Waals surface area contributed by atoms with Gasteiger partial charge in [-0.05, 0) is 18.2 Å². The van der Waals surface area contributed by atoms with E-state index in [1.54, 1.807) is 0 Å².